The summed E-state index contributed by atoms with van der Waals surface area (Å²) in [5.74, 6) is -0.210. The molecule has 0 unspecified atom stereocenters. The first-order valence-electron chi connectivity index (χ1n) is 6.84. The molecule has 0 fully saturated rings. The molecule has 0 bridgehead atoms. The highest BCUT2D eigenvalue weighted by molar-refractivity contribution is 6.04. The monoisotopic (exact) mass is 291 g/mol. The van der Waals surface area contributed by atoms with Gasteiger partial charge in [0.2, 0.25) is 0 Å². The van der Waals surface area contributed by atoms with Crippen LogP contribution in [0.3, 0.4) is 0 Å². The van der Waals surface area contributed by atoms with Crippen molar-refractivity contribution in [2.45, 2.75) is 6.42 Å². The van der Waals surface area contributed by atoms with Crippen molar-refractivity contribution in [1.82, 2.24) is 0 Å². The topological polar surface area (TPSA) is 67.9 Å². The molecule has 22 heavy (non-hydrogen) atoms. The summed E-state index contributed by atoms with van der Waals surface area (Å²) >= 11 is 0. The molecule has 1 aliphatic heterocycles. The Morgan fingerprint density at radius 1 is 0.955 bits per heavy atom. The molecule has 1 aliphatic rings. The van der Waals surface area contributed by atoms with Crippen molar-refractivity contribution in [2.24, 2.45) is 10.2 Å². The van der Waals surface area contributed by atoms with E-state index in [9.17, 15) is 10.1 Å². The van der Waals surface area contributed by atoms with Gasteiger partial charge in [-0.05, 0) is 33.3 Å². The van der Waals surface area contributed by atoms with E-state index in [1.807, 2.05) is 54.6 Å². The van der Waals surface area contributed by atoms with E-state index < -0.39 is 4.92 Å². The number of benzene rings is 2. The maximum Gasteiger partial charge on any atom is 0.398 e. The lowest BCUT2D eigenvalue weighted by atomic mass is 10.0. The zero-order valence-corrected chi connectivity index (χ0v) is 11.7. The van der Waals surface area contributed by atoms with Crippen LogP contribution >= 0.6 is 0 Å². The van der Waals surface area contributed by atoms with Gasteiger partial charge in [-0.15, -0.1) is 0 Å². The molecule has 0 saturated carbocycles. The Labute approximate surface area is 127 Å². The van der Waals surface area contributed by atoms with E-state index in [1.54, 1.807) is 12.1 Å². The zero-order valence-electron chi connectivity index (χ0n) is 11.7. The van der Waals surface area contributed by atoms with E-state index >= 15 is 0 Å². The molecule has 5 nitrogen and oxygen atoms in total. The summed E-state index contributed by atoms with van der Waals surface area (Å²) in [4.78, 5) is 10.6. The van der Waals surface area contributed by atoms with Gasteiger partial charge in [0.1, 0.15) is 0 Å². The molecule has 0 radical (unpaired) electrons. The fraction of sp³-hybridized carbons (Fsp3) is 0.0588. The number of nitro groups is 1. The van der Waals surface area contributed by atoms with Crippen LogP contribution in [-0.2, 0) is 6.42 Å². The van der Waals surface area contributed by atoms with Crippen molar-refractivity contribution < 1.29 is 4.92 Å². The molecule has 2 aromatic carbocycles. The Hall–Kier alpha value is -3.08. The summed E-state index contributed by atoms with van der Waals surface area (Å²) in [6.07, 6.45) is 4.28. The number of allylic oxidation sites excluding steroid dienone is 1. The predicted octanol–water partition coefficient (Wildman–Crippen LogP) is 3.34. The molecule has 5 heteroatoms. The number of fused-ring (bicyclic) bond motifs is 1. The van der Waals surface area contributed by atoms with Gasteiger partial charge < -0.3 is 10.1 Å². The molecule has 3 rings (SSSR count). The molecule has 0 aliphatic carbocycles. The highest BCUT2D eigenvalue weighted by Gasteiger charge is 2.23. The smallest absolute Gasteiger partial charge is 0.358 e. The van der Waals surface area contributed by atoms with Gasteiger partial charge in [-0.25, -0.2) is 0 Å². The Bertz CT molecular complexity index is 793. The first-order valence-corrected chi connectivity index (χ1v) is 6.84. The summed E-state index contributed by atoms with van der Waals surface area (Å²) in [6.45, 7) is 0. The zero-order chi connectivity index (χ0) is 15.4. The summed E-state index contributed by atoms with van der Waals surface area (Å²) in [6, 6.07) is 17.0. The van der Waals surface area contributed by atoms with Gasteiger partial charge in [-0.1, -0.05) is 54.6 Å². The van der Waals surface area contributed by atoms with E-state index in [0.717, 1.165) is 11.1 Å². The van der Waals surface area contributed by atoms with Gasteiger partial charge >= 0.3 is 5.84 Å². The molecule has 0 amide bonds. The lowest BCUT2D eigenvalue weighted by molar-refractivity contribution is -0.349. The predicted molar refractivity (Wildman–Crippen MR) is 86.6 cm³/mol. The van der Waals surface area contributed by atoms with Crippen LogP contribution in [0.15, 0.2) is 70.9 Å². The average molecular weight is 291 g/mol. The molecule has 108 valence electrons. The highest BCUT2D eigenvalue weighted by Crippen LogP contribution is 2.16. The van der Waals surface area contributed by atoms with Crippen molar-refractivity contribution in [2.75, 3.05) is 0 Å². The first kappa shape index (κ1) is 13.9. The molecule has 0 N–H and O–H groups in total. The third-order valence-electron chi connectivity index (χ3n) is 3.34. The van der Waals surface area contributed by atoms with E-state index in [2.05, 4.69) is 10.2 Å². The van der Waals surface area contributed by atoms with Gasteiger partial charge in [0.05, 0.1) is 16.4 Å². The number of hydrogen-bond donors (Lipinski definition) is 0. The van der Waals surface area contributed by atoms with Crippen LogP contribution in [-0.4, -0.2) is 16.5 Å². The number of hydrogen-bond acceptors (Lipinski definition) is 4. The fourth-order valence-corrected chi connectivity index (χ4v) is 2.27. The van der Waals surface area contributed by atoms with Gasteiger partial charge in [0.25, 0.3) is 0 Å². The number of nitrogens with zero attached hydrogens (tertiary/aromatic N) is 3. The van der Waals surface area contributed by atoms with Crippen LogP contribution in [0, 0.1) is 10.1 Å². The Morgan fingerprint density at radius 2 is 1.68 bits per heavy atom. The molecule has 0 aromatic heterocycles. The Kier molecular flexibility index (Phi) is 3.87. The van der Waals surface area contributed by atoms with E-state index in [1.165, 1.54) is 0 Å². The van der Waals surface area contributed by atoms with Gasteiger partial charge in [0, 0.05) is 6.42 Å². The second kappa shape index (κ2) is 6.13. The quantitative estimate of drug-likeness (QED) is 0.629. The second-order valence-corrected chi connectivity index (χ2v) is 4.85. The molecule has 0 saturated heterocycles. The second-order valence-electron chi connectivity index (χ2n) is 4.85. The minimum Gasteiger partial charge on any atom is -0.358 e. The third kappa shape index (κ3) is 2.98. The maximum absolute atomic E-state index is 11.1. The summed E-state index contributed by atoms with van der Waals surface area (Å²) in [7, 11) is 0. The van der Waals surface area contributed by atoms with Gasteiger partial charge in [-0.2, -0.15) is 0 Å². The van der Waals surface area contributed by atoms with Crippen molar-refractivity contribution in [3.8, 4) is 0 Å². The van der Waals surface area contributed by atoms with Crippen LogP contribution in [0.25, 0.3) is 6.08 Å². The number of amidine groups is 1. The molecule has 0 atom stereocenters. The van der Waals surface area contributed by atoms with E-state index in [4.69, 9.17) is 0 Å². The summed E-state index contributed by atoms with van der Waals surface area (Å²) in [5.41, 5.74) is 3.11. The third-order valence-corrected chi connectivity index (χ3v) is 3.34. The van der Waals surface area contributed by atoms with Crippen molar-refractivity contribution >= 4 is 17.6 Å². The minimum atomic E-state index is -0.494. The molecule has 0 spiro atoms. The van der Waals surface area contributed by atoms with Crippen LogP contribution in [0.1, 0.15) is 16.7 Å². The highest BCUT2D eigenvalue weighted by atomic mass is 16.6. The SMILES string of the molecule is O=[N+]([O-])C1=NN=C(C=Cc2ccccc2)Cc2ccccc21. The first-order chi connectivity index (χ1) is 10.7. The van der Waals surface area contributed by atoms with E-state index in [0.29, 0.717) is 17.7 Å². The molecule has 2 aromatic rings. The van der Waals surface area contributed by atoms with Gasteiger partial charge in [-0.3, -0.25) is 0 Å². The van der Waals surface area contributed by atoms with Crippen molar-refractivity contribution in [3.63, 3.8) is 0 Å². The van der Waals surface area contributed by atoms with Crippen molar-refractivity contribution in [1.29, 1.82) is 0 Å². The normalized spacial score (nSPS) is 14.0. The Morgan fingerprint density at radius 3 is 2.45 bits per heavy atom. The van der Waals surface area contributed by atoms with Gasteiger partial charge in [0.15, 0.2) is 0 Å². The van der Waals surface area contributed by atoms with E-state index in [-0.39, 0.29) is 5.84 Å². The summed E-state index contributed by atoms with van der Waals surface area (Å²) < 4.78 is 0. The van der Waals surface area contributed by atoms with Crippen LogP contribution in [0.2, 0.25) is 0 Å². The Balaban J connectivity index is 1.95. The maximum atomic E-state index is 11.1. The lowest BCUT2D eigenvalue weighted by Gasteiger charge is -2.03. The average Bonchev–Trinajstić information content (AvgIpc) is 2.73. The number of rotatable bonds is 2. The minimum absolute atomic E-state index is 0.210. The fourth-order valence-electron chi connectivity index (χ4n) is 2.27. The molecular formula is C17H13N3O2. The van der Waals surface area contributed by atoms with Crippen LogP contribution < -0.4 is 0 Å². The molecular weight excluding hydrogens is 278 g/mol. The molecule has 1 heterocycles. The summed E-state index contributed by atoms with van der Waals surface area (Å²) in [5, 5.41) is 19.0. The van der Waals surface area contributed by atoms with Crippen LogP contribution in [0.5, 0.6) is 0 Å². The standard InChI is InChI=1S/C17H13N3O2/c21-20(22)17-16-9-5-4-8-14(16)12-15(18-19-17)11-10-13-6-2-1-3-7-13/h1-11H,12H2. The largest absolute Gasteiger partial charge is 0.398 e. The van der Waals surface area contributed by atoms with Crippen molar-refractivity contribution in [3.05, 3.63) is 87.5 Å². The van der Waals surface area contributed by atoms with Crippen LogP contribution in [0.4, 0.5) is 0 Å². The lowest BCUT2D eigenvalue weighted by Crippen LogP contribution is -2.14.